The molecular formula is C102H138BrCl2FN4O16. The van der Waals surface area contributed by atoms with Crippen LogP contribution in [0.1, 0.15) is 300 Å². The van der Waals surface area contributed by atoms with Crippen molar-refractivity contribution in [2.75, 3.05) is 24.4 Å². The summed E-state index contributed by atoms with van der Waals surface area (Å²) in [5, 5.41) is 66.8. The highest BCUT2D eigenvalue weighted by Crippen LogP contribution is 2.74. The molecule has 20 nitrogen and oxygen atoms in total. The first-order chi connectivity index (χ1) is 59.9. The zero-order valence-corrected chi connectivity index (χ0v) is 78.3. The number of nitrogens with one attached hydrogen (secondary N) is 2. The number of carbonyl (C=O) groups is 7. The van der Waals surface area contributed by atoms with Crippen LogP contribution in [-0.4, -0.2) is 145 Å². The Labute approximate surface area is 762 Å². The molecule has 0 spiro atoms. The van der Waals surface area contributed by atoms with E-state index in [4.69, 9.17) is 42.1 Å². The minimum atomic E-state index is -1.26. The molecule has 24 heteroatoms. The number of nitrogens with zero attached hydrogens (tertiary/aromatic N) is 2. The molecule has 2 aliphatic heterocycles. The first-order valence-electron chi connectivity index (χ1n) is 48.5. The average molecular weight is 1850 g/mol. The van der Waals surface area contributed by atoms with Gasteiger partial charge in [-0.25, -0.2) is 24.8 Å². The fraction of sp³-hybridized carbons (Fsp3) is 0.755. The highest BCUT2D eigenvalue weighted by Gasteiger charge is 2.73. The van der Waals surface area contributed by atoms with Gasteiger partial charge in [-0.2, -0.15) is 10.2 Å². The summed E-state index contributed by atoms with van der Waals surface area (Å²) >= 11 is 14.8. The van der Waals surface area contributed by atoms with E-state index < -0.39 is 39.7 Å². The van der Waals surface area contributed by atoms with Gasteiger partial charge in [-0.1, -0.05) is 82.1 Å². The van der Waals surface area contributed by atoms with E-state index in [0.717, 1.165) is 188 Å². The number of hydrazone groups is 2. The molecule has 126 heavy (non-hydrogen) atoms. The number of alkyl halides is 2. The molecule has 690 valence electrons. The van der Waals surface area contributed by atoms with Crippen molar-refractivity contribution in [1.82, 2.24) is 10.9 Å². The average Bonchev–Trinajstić information content (AvgIpc) is 1.42. The highest BCUT2D eigenvalue weighted by atomic mass is 79.9. The maximum atomic E-state index is 13.1. The standard InChI is InChI=1S/C26H35ClN2O2.C26H35FN2O2.C25H35BrO5.C25H33ClO7/c1-25-12-10-19(30)15-17(25)6-7-20-21-8-9-23(26(21,2)13-11-22(20)25)28-29-24(31)16-4-3-5-18(27)14-16;1-25-13-11-19(30)15-17(25)5-8-20-21-9-10-23(26(21,2)14-12-22(20)25)28-29-24(31)16-3-6-18(27)7-4-16;1-23-8-5-17(31-22(28)13-26)12-16(23)3-4-20-19(23)6-9-24(2)18(7-10-25(20,24)29)15-11-21(27)30-14-15;1-22-6-3-18-19(25(22,31)9-5-17(22)15-10-20(28)32-13-15)4-8-24(30)11-16(33-21(29)12-26)2-7-23(18,24)14-27/h3-5,14,17,19-22,30H,6-13,15H2,1-2H3,(H,29,31);3-4,6-7,17,19-22,30H,5,8-15H2,1-2H3,(H,29,31);11,16-20,29H,3-10,12-14H2,1-2H3;10,14,16-19,30-31H,2-9,11-13H2,1H3/b2*28-23+;;/t;;16?,17?,18?,19-,20+,23?,24?,25?;16?,17?,18-,19+,22?,23?,24?,25?/m..00/s1. The molecule has 7 N–H and O–H groups in total. The summed E-state index contributed by atoms with van der Waals surface area (Å²) in [6, 6.07) is 12.6. The van der Waals surface area contributed by atoms with Crippen LogP contribution in [0.25, 0.3) is 0 Å². The number of hydrogen-bond donors (Lipinski definition) is 7. The van der Waals surface area contributed by atoms with E-state index in [0.29, 0.717) is 114 Å². The second-order valence-electron chi connectivity index (χ2n) is 44.7. The van der Waals surface area contributed by atoms with Crippen LogP contribution in [0.2, 0.25) is 5.02 Å². The summed E-state index contributed by atoms with van der Waals surface area (Å²) in [6.45, 7) is 17.3. The van der Waals surface area contributed by atoms with E-state index >= 15 is 0 Å². The van der Waals surface area contributed by atoms with E-state index in [1.807, 2.05) is 0 Å². The van der Waals surface area contributed by atoms with Crippen molar-refractivity contribution in [3.63, 3.8) is 0 Å². The van der Waals surface area contributed by atoms with E-state index in [2.05, 4.69) is 85.5 Å². The van der Waals surface area contributed by atoms with Gasteiger partial charge in [0.25, 0.3) is 11.8 Å². The van der Waals surface area contributed by atoms with Gasteiger partial charge >= 0.3 is 23.9 Å². The van der Waals surface area contributed by atoms with Crippen LogP contribution >= 0.6 is 39.1 Å². The number of fused-ring (bicyclic) bond motifs is 20. The fourth-order valence-corrected chi connectivity index (χ4v) is 33.7. The lowest BCUT2D eigenvalue weighted by atomic mass is 9.41. The van der Waals surface area contributed by atoms with E-state index in [-0.39, 0.29) is 117 Å². The summed E-state index contributed by atoms with van der Waals surface area (Å²) in [5.41, 5.74) is 7.62. The summed E-state index contributed by atoms with van der Waals surface area (Å²) in [6.07, 6.45) is 38.0. The second-order valence-corrected chi connectivity index (χ2v) is 46.0. The number of aliphatic hydroxyl groups is 5. The lowest BCUT2D eigenvalue weighted by Crippen LogP contribution is -2.69. The molecule has 2 aromatic carbocycles. The molecule has 0 aromatic heterocycles. The molecule has 30 atom stereocenters. The first-order valence-corrected chi connectivity index (χ1v) is 50.5. The molecular weight excluding hydrogens is 1710 g/mol. The molecule has 0 bridgehead atoms. The maximum Gasteiger partial charge on any atom is 0.331 e. The smallest absolute Gasteiger partial charge is 0.331 e. The number of aliphatic hydroxyl groups excluding tert-OH is 2. The number of halogens is 4. The second kappa shape index (κ2) is 35.2. The normalized spacial score (nSPS) is 46.0. The largest absolute Gasteiger partial charge is 0.462 e. The summed E-state index contributed by atoms with van der Waals surface area (Å²) in [5.74, 6) is 4.90. The van der Waals surface area contributed by atoms with Gasteiger partial charge in [-0.05, 0) is 383 Å². The van der Waals surface area contributed by atoms with Crippen LogP contribution < -0.4 is 10.9 Å². The quantitative estimate of drug-likeness (QED) is 0.0361. The van der Waals surface area contributed by atoms with Crippen molar-refractivity contribution in [2.45, 2.75) is 321 Å². The van der Waals surface area contributed by atoms with Crippen LogP contribution in [0, 0.1) is 138 Å². The Morgan fingerprint density at radius 1 is 0.516 bits per heavy atom. The van der Waals surface area contributed by atoms with Gasteiger partial charge in [-0.15, -0.1) is 11.6 Å². The molecule has 2 aromatic rings. The van der Waals surface area contributed by atoms with Crippen molar-refractivity contribution in [3.05, 3.63) is 93.8 Å². The van der Waals surface area contributed by atoms with Crippen molar-refractivity contribution >= 4 is 92.5 Å². The SMILES string of the molecule is CC12CCC(OC(=O)CBr)CC1CC[C@@H]1[C@@H]2CCC2(C)C(C3=CC(=O)OC3)CCC12O.CC12CCC3C(CCC4CC(O)CCC43C)C1CC/C2=N\NC(=O)c1ccc(F)cc1.CC12CCC3C(CCC4CC(O)CCC43C)C1CC/C2=N\NC(=O)c1cccc(Cl)c1.CC12CC[C@H]3[C@@H](CCC4(O)CC(OC(=O)CCl)CCC34C=O)C1(O)CCC2C1=CC(=O)OC1. The number of aldehydes is 1. The zero-order chi connectivity index (χ0) is 89.3. The molecule has 16 aliphatic carbocycles. The van der Waals surface area contributed by atoms with Crippen molar-refractivity contribution in [3.8, 4) is 0 Å². The van der Waals surface area contributed by atoms with Crippen molar-refractivity contribution in [2.24, 2.45) is 142 Å². The number of ether oxygens (including phenoxy) is 4. The summed E-state index contributed by atoms with van der Waals surface area (Å²) in [4.78, 5) is 84.6. The van der Waals surface area contributed by atoms with Crippen LogP contribution in [-0.2, 0) is 42.9 Å². The predicted molar refractivity (Wildman–Crippen MR) is 481 cm³/mol. The Hall–Kier alpha value is -5.46. The third-order valence-corrected chi connectivity index (χ3v) is 41.0. The van der Waals surface area contributed by atoms with Gasteiger partial charge in [0.05, 0.1) is 34.4 Å². The molecule has 0 saturated heterocycles. The molecule has 2 amide bonds. The monoisotopic (exact) mass is 1840 g/mol. The number of hydrogen-bond acceptors (Lipinski definition) is 18. The van der Waals surface area contributed by atoms with Gasteiger partial charge in [0.2, 0.25) is 0 Å². The lowest BCUT2D eigenvalue weighted by Gasteiger charge is -2.65. The van der Waals surface area contributed by atoms with E-state index in [1.165, 1.54) is 81.3 Å². The number of amides is 2. The number of benzene rings is 2. The minimum absolute atomic E-state index is 0.0410. The highest BCUT2D eigenvalue weighted by molar-refractivity contribution is 9.09. The number of esters is 4. The number of cyclic esters (lactones) is 2. The minimum Gasteiger partial charge on any atom is -0.462 e. The zero-order valence-electron chi connectivity index (χ0n) is 75.2. The third kappa shape index (κ3) is 15.7. The Bertz CT molecular complexity index is 4640. The molecule has 16 fully saturated rings. The van der Waals surface area contributed by atoms with Crippen molar-refractivity contribution in [1.29, 1.82) is 0 Å². The molecule has 2 heterocycles. The Morgan fingerprint density at radius 3 is 1.51 bits per heavy atom. The van der Waals surface area contributed by atoms with Crippen LogP contribution in [0.3, 0.4) is 0 Å². The van der Waals surface area contributed by atoms with Crippen LogP contribution in [0.15, 0.2) is 82.0 Å². The maximum absolute atomic E-state index is 13.1. The molecule has 26 unspecified atom stereocenters. The number of carbonyl (C=O) groups excluding carboxylic acids is 7. The van der Waals surface area contributed by atoms with E-state index in [9.17, 15) is 63.5 Å². The first kappa shape index (κ1) is 92.4. The van der Waals surface area contributed by atoms with E-state index in [1.54, 1.807) is 36.4 Å². The molecule has 20 rings (SSSR count). The molecule has 0 radical (unpaired) electrons. The van der Waals surface area contributed by atoms with Gasteiger partial charge in [0, 0.05) is 67.8 Å². The van der Waals surface area contributed by atoms with Crippen LogP contribution in [0.5, 0.6) is 0 Å². The Balaban J connectivity index is 0.000000119. The lowest BCUT2D eigenvalue weighted by molar-refractivity contribution is -0.249. The third-order valence-electron chi connectivity index (χ3n) is 40.1. The molecule has 18 aliphatic rings. The Morgan fingerprint density at radius 2 is 0.992 bits per heavy atom. The Kier molecular flexibility index (Phi) is 25.8. The van der Waals surface area contributed by atoms with Gasteiger partial charge in [0.1, 0.15) is 48.7 Å². The summed E-state index contributed by atoms with van der Waals surface area (Å²) < 4.78 is 34.6. The number of rotatable bonds is 11. The topological polar surface area (TPSA) is 306 Å². The predicted octanol–water partition coefficient (Wildman–Crippen LogP) is 18.4. The fourth-order valence-electron chi connectivity index (χ4n) is 33.3. The van der Waals surface area contributed by atoms with Crippen molar-refractivity contribution < 1.29 is 82.4 Å². The van der Waals surface area contributed by atoms with Gasteiger partial charge < -0.3 is 49.3 Å². The molecule has 16 saturated carbocycles. The summed E-state index contributed by atoms with van der Waals surface area (Å²) in [7, 11) is 0. The van der Waals surface area contributed by atoms with Gasteiger partial charge in [-0.3, -0.25) is 19.2 Å². The van der Waals surface area contributed by atoms with Gasteiger partial charge in [0.15, 0.2) is 0 Å². The van der Waals surface area contributed by atoms with Crippen LogP contribution in [0.4, 0.5) is 4.39 Å².